The maximum atomic E-state index is 11.9. The molecule has 0 bridgehead atoms. The smallest absolute Gasteiger partial charge is 0.409 e. The minimum atomic E-state index is -0.516. The first-order chi connectivity index (χ1) is 15.1. The first-order valence-corrected chi connectivity index (χ1v) is 11.4. The molecule has 2 N–H and O–H groups in total. The van der Waals surface area contributed by atoms with Gasteiger partial charge in [0.25, 0.3) is 0 Å². The molecule has 2 aliphatic rings. The Balaban J connectivity index is 1.49. The monoisotopic (exact) mass is 435 g/mol. The quantitative estimate of drug-likeness (QED) is 0.583. The highest BCUT2D eigenvalue weighted by Gasteiger charge is 2.23. The van der Waals surface area contributed by atoms with Crippen LogP contribution in [-0.4, -0.2) is 86.2 Å². The number of likely N-dealkylation sites (tertiary alicyclic amines) is 2. The fraction of sp³-hybridized carbons (Fsp3) is 0.696. The van der Waals surface area contributed by atoms with E-state index in [0.29, 0.717) is 38.8 Å². The first kappa shape index (κ1) is 23.6. The van der Waals surface area contributed by atoms with Crippen molar-refractivity contribution < 1.29 is 24.1 Å². The fourth-order valence-electron chi connectivity index (χ4n) is 4.18. The Hall–Kier alpha value is -2.03. The Morgan fingerprint density at radius 2 is 1.97 bits per heavy atom. The van der Waals surface area contributed by atoms with Crippen LogP contribution in [0.3, 0.4) is 0 Å². The van der Waals surface area contributed by atoms with Crippen LogP contribution in [0.2, 0.25) is 0 Å². The molecule has 0 aliphatic carbocycles. The summed E-state index contributed by atoms with van der Waals surface area (Å²) in [6.45, 7) is 7.31. The van der Waals surface area contributed by atoms with E-state index >= 15 is 0 Å². The van der Waals surface area contributed by atoms with E-state index in [1.807, 2.05) is 25.1 Å². The van der Waals surface area contributed by atoms with E-state index in [-0.39, 0.29) is 12.7 Å². The molecule has 8 nitrogen and oxygen atoms in total. The van der Waals surface area contributed by atoms with Gasteiger partial charge in [-0.15, -0.1) is 0 Å². The van der Waals surface area contributed by atoms with E-state index in [1.165, 1.54) is 12.8 Å². The Bertz CT molecular complexity index is 688. The number of rotatable bonds is 10. The highest BCUT2D eigenvalue weighted by atomic mass is 16.6. The molecule has 2 heterocycles. The minimum absolute atomic E-state index is 0.223. The van der Waals surface area contributed by atoms with Gasteiger partial charge < -0.3 is 34.4 Å². The summed E-state index contributed by atoms with van der Waals surface area (Å²) in [6.07, 6.45) is 3.45. The number of amides is 1. The van der Waals surface area contributed by atoms with Crippen LogP contribution in [0.4, 0.5) is 4.79 Å². The third kappa shape index (κ3) is 7.26. The maximum absolute atomic E-state index is 11.9. The summed E-state index contributed by atoms with van der Waals surface area (Å²) >= 11 is 0. The Kier molecular flexibility index (Phi) is 9.24. The second kappa shape index (κ2) is 12.1. The zero-order chi connectivity index (χ0) is 22.1. The number of hydrogen-bond acceptors (Lipinski definition) is 7. The lowest BCUT2D eigenvalue weighted by Gasteiger charge is -2.32. The summed E-state index contributed by atoms with van der Waals surface area (Å²) in [5.41, 5.74) is 1.03. The number of β-amino-alcohol motifs (C(OH)–C–C–N with tert-alkyl or cyclic N) is 1. The van der Waals surface area contributed by atoms with Gasteiger partial charge >= 0.3 is 6.09 Å². The van der Waals surface area contributed by atoms with Crippen LogP contribution >= 0.6 is 0 Å². The average Bonchev–Trinajstić information content (AvgIpc) is 3.30. The van der Waals surface area contributed by atoms with Crippen LogP contribution in [0.15, 0.2) is 18.2 Å². The number of benzene rings is 1. The maximum Gasteiger partial charge on any atom is 0.409 e. The van der Waals surface area contributed by atoms with Gasteiger partial charge in [0.2, 0.25) is 0 Å². The SMILES string of the molecule is CCOC(=O)N1CCC(NCc2ccc(OC)cc2OCC(O)CN2CCCC2)CC1. The molecular weight excluding hydrogens is 398 g/mol. The number of carbonyl (C=O) groups is 1. The summed E-state index contributed by atoms with van der Waals surface area (Å²) in [7, 11) is 1.64. The number of methoxy groups -OCH3 is 1. The summed E-state index contributed by atoms with van der Waals surface area (Å²) in [4.78, 5) is 15.9. The average molecular weight is 436 g/mol. The van der Waals surface area contributed by atoms with Gasteiger partial charge in [0.05, 0.1) is 13.7 Å². The normalized spacial score (nSPS) is 18.7. The van der Waals surface area contributed by atoms with E-state index in [0.717, 1.165) is 43.0 Å². The second-order valence-electron chi connectivity index (χ2n) is 8.29. The molecule has 0 radical (unpaired) electrons. The number of nitrogens with one attached hydrogen (secondary N) is 1. The third-order valence-electron chi connectivity index (χ3n) is 5.98. The highest BCUT2D eigenvalue weighted by molar-refractivity contribution is 5.67. The lowest BCUT2D eigenvalue weighted by atomic mass is 10.0. The van der Waals surface area contributed by atoms with E-state index in [4.69, 9.17) is 14.2 Å². The lowest BCUT2D eigenvalue weighted by molar-refractivity contribution is 0.0752. The molecule has 3 rings (SSSR count). The van der Waals surface area contributed by atoms with Gasteiger partial charge in [0.15, 0.2) is 0 Å². The number of piperidine rings is 1. The molecule has 1 aromatic rings. The van der Waals surface area contributed by atoms with Crippen molar-refractivity contribution in [3.05, 3.63) is 23.8 Å². The van der Waals surface area contributed by atoms with Gasteiger partial charge in [-0.25, -0.2) is 4.79 Å². The molecule has 0 spiro atoms. The molecule has 2 aliphatic heterocycles. The second-order valence-corrected chi connectivity index (χ2v) is 8.29. The first-order valence-electron chi connectivity index (χ1n) is 11.4. The van der Waals surface area contributed by atoms with Crippen LogP contribution in [-0.2, 0) is 11.3 Å². The molecular formula is C23H37N3O5. The molecule has 1 amide bonds. The van der Waals surface area contributed by atoms with Gasteiger partial charge in [-0.1, -0.05) is 6.07 Å². The van der Waals surface area contributed by atoms with Crippen molar-refractivity contribution in [2.45, 2.75) is 51.3 Å². The van der Waals surface area contributed by atoms with Crippen molar-refractivity contribution in [2.75, 3.05) is 53.0 Å². The number of ether oxygens (including phenoxy) is 3. The molecule has 0 saturated carbocycles. The highest BCUT2D eigenvalue weighted by Crippen LogP contribution is 2.26. The van der Waals surface area contributed by atoms with Gasteiger partial charge in [0.1, 0.15) is 24.2 Å². The van der Waals surface area contributed by atoms with Crippen molar-refractivity contribution in [2.24, 2.45) is 0 Å². The van der Waals surface area contributed by atoms with Crippen molar-refractivity contribution in [1.29, 1.82) is 0 Å². The molecule has 2 fully saturated rings. The number of hydrogen-bond donors (Lipinski definition) is 2. The van der Waals surface area contributed by atoms with Crippen LogP contribution < -0.4 is 14.8 Å². The largest absolute Gasteiger partial charge is 0.497 e. The number of aliphatic hydroxyl groups excluding tert-OH is 1. The van der Waals surface area contributed by atoms with Gasteiger partial charge in [-0.2, -0.15) is 0 Å². The van der Waals surface area contributed by atoms with E-state index in [9.17, 15) is 9.90 Å². The van der Waals surface area contributed by atoms with Gasteiger partial charge in [-0.3, -0.25) is 0 Å². The molecule has 0 aromatic heterocycles. The van der Waals surface area contributed by atoms with Crippen molar-refractivity contribution in [3.63, 3.8) is 0 Å². The lowest BCUT2D eigenvalue weighted by Crippen LogP contribution is -2.44. The molecule has 174 valence electrons. The molecule has 1 aromatic carbocycles. The third-order valence-corrected chi connectivity index (χ3v) is 5.98. The fourth-order valence-corrected chi connectivity index (χ4v) is 4.18. The summed E-state index contributed by atoms with van der Waals surface area (Å²) in [5, 5.41) is 14.0. The molecule has 2 saturated heterocycles. The zero-order valence-electron chi connectivity index (χ0n) is 18.8. The van der Waals surface area contributed by atoms with Crippen LogP contribution in [0.5, 0.6) is 11.5 Å². The Labute approximate surface area is 185 Å². The van der Waals surface area contributed by atoms with E-state index in [1.54, 1.807) is 12.0 Å². The molecule has 1 atom stereocenters. The van der Waals surface area contributed by atoms with Crippen molar-refractivity contribution >= 4 is 6.09 Å². The van der Waals surface area contributed by atoms with Crippen molar-refractivity contribution in [1.82, 2.24) is 15.1 Å². The number of aliphatic hydroxyl groups is 1. The van der Waals surface area contributed by atoms with E-state index < -0.39 is 6.10 Å². The topological polar surface area (TPSA) is 83.5 Å². The minimum Gasteiger partial charge on any atom is -0.497 e. The van der Waals surface area contributed by atoms with Crippen LogP contribution in [0.1, 0.15) is 38.2 Å². The van der Waals surface area contributed by atoms with Crippen LogP contribution in [0.25, 0.3) is 0 Å². The van der Waals surface area contributed by atoms with Crippen LogP contribution in [0, 0.1) is 0 Å². The molecule has 1 unspecified atom stereocenters. The summed E-state index contributed by atoms with van der Waals surface area (Å²) in [5.74, 6) is 1.46. The zero-order valence-corrected chi connectivity index (χ0v) is 18.8. The Morgan fingerprint density at radius 3 is 2.65 bits per heavy atom. The van der Waals surface area contributed by atoms with E-state index in [2.05, 4.69) is 10.2 Å². The predicted octanol–water partition coefficient (Wildman–Crippen LogP) is 2.24. The summed E-state index contributed by atoms with van der Waals surface area (Å²) in [6, 6.07) is 6.14. The molecule has 8 heteroatoms. The van der Waals surface area contributed by atoms with Crippen molar-refractivity contribution in [3.8, 4) is 11.5 Å². The number of nitrogens with zero attached hydrogens (tertiary/aromatic N) is 2. The Morgan fingerprint density at radius 1 is 1.23 bits per heavy atom. The van der Waals surface area contributed by atoms with Gasteiger partial charge in [-0.05, 0) is 51.8 Å². The van der Waals surface area contributed by atoms with Gasteiger partial charge in [0, 0.05) is 43.9 Å². The summed E-state index contributed by atoms with van der Waals surface area (Å²) < 4.78 is 16.4. The standard InChI is InChI=1S/C23H37N3O5/c1-3-30-23(28)26-12-8-19(9-13-26)24-15-18-6-7-21(29-2)14-22(18)31-17-20(27)16-25-10-4-5-11-25/h6-7,14,19-20,24,27H,3-5,8-13,15-17H2,1-2H3. The molecule has 31 heavy (non-hydrogen) atoms. The number of carbonyl (C=O) groups excluding carboxylic acids is 1. The predicted molar refractivity (Wildman–Crippen MR) is 119 cm³/mol.